The second-order valence-electron chi connectivity index (χ2n) is 5.11. The van der Waals surface area contributed by atoms with Crippen LogP contribution in [0.25, 0.3) is 0 Å². The number of hydrogen-bond donors (Lipinski definition) is 2. The van der Waals surface area contributed by atoms with Crippen LogP contribution in [0.3, 0.4) is 0 Å². The largest absolute Gasteiger partial charge is 0.349 e. The number of nitrogens with zero attached hydrogens (tertiary/aromatic N) is 2. The summed E-state index contributed by atoms with van der Waals surface area (Å²) in [4.78, 5) is 13.9. The van der Waals surface area contributed by atoms with Crippen LogP contribution in [0.4, 0.5) is 0 Å². The number of halogens is 1. The van der Waals surface area contributed by atoms with Crippen molar-refractivity contribution in [3.05, 3.63) is 39.3 Å². The first-order valence-corrected chi connectivity index (χ1v) is 8.61. The average molecular weight is 369 g/mol. The second kappa shape index (κ2) is 6.29. The van der Waals surface area contributed by atoms with E-state index in [2.05, 4.69) is 31.7 Å². The van der Waals surface area contributed by atoms with E-state index in [1.165, 1.54) is 0 Å². The van der Waals surface area contributed by atoms with Crippen LogP contribution in [-0.2, 0) is 16.9 Å². The average Bonchev–Trinajstić information content (AvgIpc) is 3.17. The molecular formula is C14H17BrN4OS. The van der Waals surface area contributed by atoms with Crippen LogP contribution in [0, 0.1) is 0 Å². The third-order valence-electron chi connectivity index (χ3n) is 3.90. The van der Waals surface area contributed by atoms with E-state index in [0.29, 0.717) is 6.54 Å². The normalized spacial score (nSPS) is 17.6. The summed E-state index contributed by atoms with van der Waals surface area (Å²) >= 11 is 5.13. The topological polar surface area (TPSA) is 59.0 Å². The maximum absolute atomic E-state index is 12.8. The van der Waals surface area contributed by atoms with E-state index in [9.17, 15) is 4.79 Å². The van der Waals surface area contributed by atoms with Crippen LogP contribution in [-0.4, -0.2) is 28.8 Å². The first-order valence-electron chi connectivity index (χ1n) is 6.93. The van der Waals surface area contributed by atoms with E-state index >= 15 is 0 Å². The van der Waals surface area contributed by atoms with Crippen LogP contribution in [0.2, 0.25) is 0 Å². The molecule has 0 bridgehead atoms. The molecule has 1 aliphatic heterocycles. The van der Waals surface area contributed by atoms with Crippen molar-refractivity contribution < 1.29 is 4.79 Å². The lowest BCUT2D eigenvalue weighted by Crippen LogP contribution is -2.54. The van der Waals surface area contributed by atoms with Crippen molar-refractivity contribution in [2.75, 3.05) is 13.1 Å². The summed E-state index contributed by atoms with van der Waals surface area (Å²) < 4.78 is 2.86. The minimum Gasteiger partial charge on any atom is -0.349 e. The minimum atomic E-state index is -0.571. The number of rotatable bonds is 4. The van der Waals surface area contributed by atoms with Crippen molar-refractivity contribution >= 4 is 33.2 Å². The Hall–Kier alpha value is -1.18. The van der Waals surface area contributed by atoms with Crippen molar-refractivity contribution in [1.29, 1.82) is 0 Å². The molecule has 2 aromatic rings. The molecular weight excluding hydrogens is 352 g/mol. The fourth-order valence-corrected chi connectivity index (χ4v) is 4.13. The molecule has 1 amide bonds. The molecule has 2 aromatic heterocycles. The summed E-state index contributed by atoms with van der Waals surface area (Å²) in [6, 6.07) is 3.87. The predicted molar refractivity (Wildman–Crippen MR) is 86.2 cm³/mol. The van der Waals surface area contributed by atoms with Crippen molar-refractivity contribution in [2.24, 2.45) is 0 Å². The van der Waals surface area contributed by atoms with Gasteiger partial charge in [-0.15, -0.1) is 11.3 Å². The lowest BCUT2D eigenvalue weighted by atomic mass is 9.87. The van der Waals surface area contributed by atoms with Crippen LogP contribution in [0.5, 0.6) is 0 Å². The highest BCUT2D eigenvalue weighted by molar-refractivity contribution is 9.10. The van der Waals surface area contributed by atoms with Gasteiger partial charge in [0.15, 0.2) is 0 Å². The van der Waals surface area contributed by atoms with Gasteiger partial charge >= 0.3 is 0 Å². The Morgan fingerprint density at radius 3 is 2.95 bits per heavy atom. The van der Waals surface area contributed by atoms with E-state index < -0.39 is 5.54 Å². The van der Waals surface area contributed by atoms with Gasteiger partial charge in [-0.2, -0.15) is 5.10 Å². The van der Waals surface area contributed by atoms with Crippen LogP contribution < -0.4 is 10.6 Å². The van der Waals surface area contributed by atoms with Crippen LogP contribution in [0.15, 0.2) is 34.4 Å². The maximum atomic E-state index is 12.8. The summed E-state index contributed by atoms with van der Waals surface area (Å²) in [5.74, 6) is 0.0491. The highest BCUT2D eigenvalue weighted by Crippen LogP contribution is 2.28. The zero-order valence-electron chi connectivity index (χ0n) is 11.5. The maximum Gasteiger partial charge on any atom is 0.248 e. The van der Waals surface area contributed by atoms with Gasteiger partial charge in [0, 0.05) is 21.7 Å². The number of aromatic nitrogens is 2. The van der Waals surface area contributed by atoms with Crippen molar-refractivity contribution in [3.8, 4) is 0 Å². The van der Waals surface area contributed by atoms with Gasteiger partial charge in [-0.25, -0.2) is 0 Å². The van der Waals surface area contributed by atoms with Gasteiger partial charge in [-0.1, -0.05) is 0 Å². The molecule has 0 atom stereocenters. The first kappa shape index (κ1) is 14.7. The SMILES string of the molecule is O=C(NCc1sccc1Br)C1(n2cccn2)CCNCC1. The van der Waals surface area contributed by atoms with Gasteiger partial charge < -0.3 is 10.6 Å². The monoisotopic (exact) mass is 368 g/mol. The van der Waals surface area contributed by atoms with E-state index in [1.807, 2.05) is 28.4 Å². The molecule has 2 N–H and O–H groups in total. The fraction of sp³-hybridized carbons (Fsp3) is 0.429. The lowest BCUT2D eigenvalue weighted by Gasteiger charge is -2.36. The second-order valence-corrected chi connectivity index (χ2v) is 6.96. The molecule has 1 saturated heterocycles. The summed E-state index contributed by atoms with van der Waals surface area (Å²) in [6.45, 7) is 2.21. The summed E-state index contributed by atoms with van der Waals surface area (Å²) in [7, 11) is 0. The Balaban J connectivity index is 1.77. The molecule has 0 unspecified atom stereocenters. The molecule has 0 aromatic carbocycles. The quantitative estimate of drug-likeness (QED) is 0.868. The fourth-order valence-electron chi connectivity index (χ4n) is 2.70. The molecule has 0 radical (unpaired) electrons. The zero-order valence-corrected chi connectivity index (χ0v) is 13.9. The molecule has 1 fully saturated rings. The first-order chi connectivity index (χ1) is 10.2. The Morgan fingerprint density at radius 2 is 2.33 bits per heavy atom. The Morgan fingerprint density at radius 1 is 1.52 bits per heavy atom. The highest BCUT2D eigenvalue weighted by atomic mass is 79.9. The number of amides is 1. The molecule has 5 nitrogen and oxygen atoms in total. The smallest absolute Gasteiger partial charge is 0.248 e. The molecule has 21 heavy (non-hydrogen) atoms. The van der Waals surface area contributed by atoms with Crippen molar-refractivity contribution in [3.63, 3.8) is 0 Å². The number of nitrogens with one attached hydrogen (secondary N) is 2. The number of carbonyl (C=O) groups excluding carboxylic acids is 1. The molecule has 112 valence electrons. The third-order valence-corrected chi connectivity index (χ3v) is 5.82. The summed E-state index contributed by atoms with van der Waals surface area (Å²) in [6.07, 6.45) is 5.12. The van der Waals surface area contributed by atoms with Crippen LogP contribution >= 0.6 is 27.3 Å². The molecule has 0 spiro atoms. The van der Waals surface area contributed by atoms with Gasteiger partial charge in [0.1, 0.15) is 5.54 Å². The van der Waals surface area contributed by atoms with Gasteiger partial charge in [-0.05, 0) is 59.4 Å². The summed E-state index contributed by atoms with van der Waals surface area (Å²) in [5, 5.41) is 12.7. The number of piperidine rings is 1. The molecule has 3 heterocycles. The van der Waals surface area contributed by atoms with E-state index in [0.717, 1.165) is 35.3 Å². The predicted octanol–water partition coefficient (Wildman–Crippen LogP) is 2.10. The Kier molecular flexibility index (Phi) is 4.42. The van der Waals surface area contributed by atoms with Gasteiger partial charge in [0.25, 0.3) is 0 Å². The summed E-state index contributed by atoms with van der Waals surface area (Å²) in [5.41, 5.74) is -0.571. The highest BCUT2D eigenvalue weighted by Gasteiger charge is 2.41. The number of thiophene rings is 1. The van der Waals surface area contributed by atoms with Gasteiger partial charge in [0.2, 0.25) is 5.91 Å². The number of carbonyl (C=O) groups is 1. The lowest BCUT2D eigenvalue weighted by molar-refractivity contribution is -0.132. The Labute approximate surface area is 135 Å². The standard InChI is InChI=1S/C14H17BrN4OS/c15-11-2-9-21-12(11)10-17-13(20)14(3-6-16-7-4-14)19-8-1-5-18-19/h1-2,5,8-9,16H,3-4,6-7,10H2,(H,17,20). The molecule has 3 rings (SSSR count). The van der Waals surface area contributed by atoms with Gasteiger partial charge in [0.05, 0.1) is 6.54 Å². The molecule has 0 aliphatic carbocycles. The van der Waals surface area contributed by atoms with E-state index in [-0.39, 0.29) is 5.91 Å². The minimum absolute atomic E-state index is 0.0491. The third kappa shape index (κ3) is 2.90. The molecule has 0 saturated carbocycles. The zero-order chi connectivity index (χ0) is 14.7. The molecule has 1 aliphatic rings. The van der Waals surface area contributed by atoms with E-state index in [4.69, 9.17) is 0 Å². The number of hydrogen-bond acceptors (Lipinski definition) is 4. The van der Waals surface area contributed by atoms with Crippen molar-refractivity contribution in [2.45, 2.75) is 24.9 Å². The van der Waals surface area contributed by atoms with Crippen molar-refractivity contribution in [1.82, 2.24) is 20.4 Å². The van der Waals surface area contributed by atoms with Crippen LogP contribution in [0.1, 0.15) is 17.7 Å². The Bertz CT molecular complexity index is 604. The molecule has 7 heteroatoms. The van der Waals surface area contributed by atoms with E-state index in [1.54, 1.807) is 17.5 Å². The van der Waals surface area contributed by atoms with Gasteiger partial charge in [-0.3, -0.25) is 9.48 Å².